The molecule has 0 N–H and O–H groups in total. The number of rotatable bonds is 5. The van der Waals surface area contributed by atoms with Crippen LogP contribution in [-0.4, -0.2) is 22.5 Å². The summed E-state index contributed by atoms with van der Waals surface area (Å²) in [4.78, 5) is 17.9. The fourth-order valence-electron chi connectivity index (χ4n) is 2.80. The summed E-state index contributed by atoms with van der Waals surface area (Å²) >= 11 is 16.0. The molecule has 0 amide bonds. The van der Waals surface area contributed by atoms with Gasteiger partial charge in [-0.2, -0.15) is 9.78 Å². The molecule has 0 unspecified atom stereocenters. The zero-order valence-corrected chi connectivity index (χ0v) is 19.8. The van der Waals surface area contributed by atoms with Crippen LogP contribution >= 0.6 is 39.1 Å². The minimum absolute atomic E-state index is 0.259. The van der Waals surface area contributed by atoms with E-state index in [1.807, 2.05) is 32.9 Å². The predicted octanol–water partition coefficient (Wildman–Crippen LogP) is 6.21. The molecule has 0 aliphatic heterocycles. The Bertz CT molecular complexity index is 1190. The van der Waals surface area contributed by atoms with Crippen molar-refractivity contribution < 1.29 is 4.74 Å². The van der Waals surface area contributed by atoms with Gasteiger partial charge in [0.05, 0.1) is 27.2 Å². The van der Waals surface area contributed by atoms with E-state index in [2.05, 4.69) is 27.6 Å². The Kier molecular flexibility index (Phi) is 6.70. The molecular weight excluding hydrogens is 489 g/mol. The van der Waals surface area contributed by atoms with Crippen molar-refractivity contribution in [2.24, 2.45) is 5.10 Å². The Balaban J connectivity index is 2.13. The lowest BCUT2D eigenvalue weighted by molar-refractivity contribution is 0.363. The van der Waals surface area contributed by atoms with E-state index in [-0.39, 0.29) is 12.2 Å². The Hall–Kier alpha value is -2.15. The molecule has 0 atom stereocenters. The normalized spacial score (nSPS) is 11.9. The predicted molar refractivity (Wildman–Crippen MR) is 128 cm³/mol. The highest BCUT2D eigenvalue weighted by atomic mass is 79.9. The summed E-state index contributed by atoms with van der Waals surface area (Å²) in [6.45, 7) is 9.82. The number of nitrogens with zero attached hydrogens (tertiary/aromatic N) is 3. The lowest BCUT2D eigenvalue weighted by Crippen LogP contribution is -2.29. The lowest BCUT2D eigenvalue weighted by Gasteiger charge is -2.20. The fraction of sp³-hybridized carbons (Fsp3) is 0.227. The van der Waals surface area contributed by atoms with Gasteiger partial charge in [-0.1, -0.05) is 72.6 Å². The average molecular weight is 509 g/mol. The first kappa shape index (κ1) is 22.5. The molecule has 8 heteroatoms. The van der Waals surface area contributed by atoms with Gasteiger partial charge in [-0.15, -0.1) is 0 Å². The molecule has 3 rings (SSSR count). The van der Waals surface area contributed by atoms with Crippen molar-refractivity contribution in [2.75, 3.05) is 6.61 Å². The molecule has 5 nitrogen and oxygen atoms in total. The van der Waals surface area contributed by atoms with E-state index in [0.717, 1.165) is 4.47 Å². The van der Waals surface area contributed by atoms with Gasteiger partial charge in [0.15, 0.2) is 5.75 Å². The van der Waals surface area contributed by atoms with E-state index in [1.165, 1.54) is 10.9 Å². The van der Waals surface area contributed by atoms with Crippen molar-refractivity contribution >= 4 is 56.2 Å². The molecule has 0 radical (unpaired) electrons. The number of ether oxygens (including phenoxy) is 1. The van der Waals surface area contributed by atoms with Crippen molar-refractivity contribution in [3.8, 4) is 5.75 Å². The number of hydrogen-bond acceptors (Lipinski definition) is 4. The molecule has 1 heterocycles. The number of hydrogen-bond donors (Lipinski definition) is 0. The first-order chi connectivity index (χ1) is 14.1. The second-order valence-electron chi connectivity index (χ2n) is 7.62. The summed E-state index contributed by atoms with van der Waals surface area (Å²) in [7, 11) is 0. The quantitative estimate of drug-likeness (QED) is 0.304. The van der Waals surface area contributed by atoms with Gasteiger partial charge in [-0.3, -0.25) is 4.79 Å². The molecule has 0 aliphatic carbocycles. The summed E-state index contributed by atoms with van der Waals surface area (Å²) in [5.74, 6) is 0.918. The third-order valence-electron chi connectivity index (χ3n) is 4.17. The number of fused-ring (bicyclic) bond motifs is 1. The van der Waals surface area contributed by atoms with Crippen molar-refractivity contribution in [1.29, 1.82) is 0 Å². The van der Waals surface area contributed by atoms with E-state index in [9.17, 15) is 4.79 Å². The van der Waals surface area contributed by atoms with Crippen LogP contribution in [0, 0.1) is 0 Å². The van der Waals surface area contributed by atoms with Crippen molar-refractivity contribution in [2.45, 2.75) is 26.2 Å². The Morgan fingerprint density at radius 3 is 2.50 bits per heavy atom. The monoisotopic (exact) mass is 507 g/mol. The standard InChI is InChI=1S/C22H20BrCl2N3O2/c1-5-8-30-19-16(24)9-13(10-17(19)25)12-26-28-20(29)15-11-14(23)6-7-18(15)27-21(28)22(2,3)4/h5-7,9-12H,1,8H2,2-4H3. The summed E-state index contributed by atoms with van der Waals surface area (Å²) < 4.78 is 7.59. The van der Waals surface area contributed by atoms with Crippen LogP contribution in [0.3, 0.4) is 0 Å². The third-order valence-corrected chi connectivity index (χ3v) is 5.22. The number of aromatic nitrogens is 2. The Labute approximate surface area is 193 Å². The zero-order chi connectivity index (χ0) is 22.1. The van der Waals surface area contributed by atoms with E-state index < -0.39 is 5.41 Å². The second-order valence-corrected chi connectivity index (χ2v) is 9.35. The van der Waals surface area contributed by atoms with Gasteiger partial charge in [0.1, 0.15) is 12.4 Å². The molecule has 30 heavy (non-hydrogen) atoms. The molecular formula is C22H20BrCl2N3O2. The van der Waals surface area contributed by atoms with Crippen LogP contribution in [-0.2, 0) is 5.41 Å². The fourth-order valence-corrected chi connectivity index (χ4v) is 3.77. The number of benzene rings is 2. The highest BCUT2D eigenvalue weighted by Crippen LogP contribution is 2.34. The lowest BCUT2D eigenvalue weighted by atomic mass is 9.95. The van der Waals surface area contributed by atoms with Gasteiger partial charge in [0.25, 0.3) is 5.56 Å². The molecule has 0 aliphatic rings. The minimum Gasteiger partial charge on any atom is -0.486 e. The minimum atomic E-state index is -0.407. The SMILES string of the molecule is C=CCOc1c(Cl)cc(C=Nn2c(C(C)(C)C)nc3ccc(Br)cc3c2=O)cc1Cl. The molecule has 3 aromatic rings. The first-order valence-electron chi connectivity index (χ1n) is 9.11. The largest absolute Gasteiger partial charge is 0.486 e. The highest BCUT2D eigenvalue weighted by Gasteiger charge is 2.23. The van der Waals surface area contributed by atoms with Crippen LogP contribution < -0.4 is 10.3 Å². The molecule has 0 fully saturated rings. The molecule has 0 spiro atoms. The van der Waals surface area contributed by atoms with E-state index in [4.69, 9.17) is 32.9 Å². The van der Waals surface area contributed by atoms with Gasteiger partial charge in [-0.25, -0.2) is 4.98 Å². The summed E-state index contributed by atoms with van der Waals surface area (Å²) in [6, 6.07) is 8.74. The maximum atomic E-state index is 13.2. The van der Waals surface area contributed by atoms with Gasteiger partial charge in [0, 0.05) is 9.89 Å². The highest BCUT2D eigenvalue weighted by molar-refractivity contribution is 9.10. The Morgan fingerprint density at radius 1 is 1.23 bits per heavy atom. The van der Waals surface area contributed by atoms with Gasteiger partial charge in [-0.05, 0) is 35.9 Å². The smallest absolute Gasteiger partial charge is 0.282 e. The van der Waals surface area contributed by atoms with Crippen molar-refractivity contribution in [1.82, 2.24) is 9.66 Å². The molecule has 0 saturated heterocycles. The van der Waals surface area contributed by atoms with Gasteiger partial charge >= 0.3 is 0 Å². The molecule has 0 saturated carbocycles. The van der Waals surface area contributed by atoms with Crippen molar-refractivity contribution in [3.05, 3.63) is 79.2 Å². The maximum absolute atomic E-state index is 13.2. The summed E-state index contributed by atoms with van der Waals surface area (Å²) in [5.41, 5.74) is 0.576. The van der Waals surface area contributed by atoms with E-state index in [0.29, 0.717) is 38.1 Å². The second kappa shape index (κ2) is 8.92. The van der Waals surface area contributed by atoms with Gasteiger partial charge in [0.2, 0.25) is 0 Å². The van der Waals surface area contributed by atoms with E-state index >= 15 is 0 Å². The number of halogens is 3. The van der Waals surface area contributed by atoms with Crippen LogP contribution in [0.25, 0.3) is 10.9 Å². The molecule has 0 bridgehead atoms. The average Bonchev–Trinajstić information content (AvgIpc) is 2.66. The molecule has 1 aromatic heterocycles. The first-order valence-corrected chi connectivity index (χ1v) is 10.7. The topological polar surface area (TPSA) is 56.5 Å². The summed E-state index contributed by atoms with van der Waals surface area (Å²) in [5, 5.41) is 5.58. The van der Waals surface area contributed by atoms with Crippen LogP contribution in [0.15, 0.2) is 57.4 Å². The zero-order valence-electron chi connectivity index (χ0n) is 16.7. The Morgan fingerprint density at radius 2 is 1.90 bits per heavy atom. The van der Waals surface area contributed by atoms with Crippen LogP contribution in [0.1, 0.15) is 32.2 Å². The third kappa shape index (κ3) is 4.77. The summed E-state index contributed by atoms with van der Waals surface area (Å²) in [6.07, 6.45) is 3.13. The van der Waals surface area contributed by atoms with Crippen LogP contribution in [0.5, 0.6) is 5.75 Å². The van der Waals surface area contributed by atoms with E-state index in [1.54, 1.807) is 24.3 Å². The maximum Gasteiger partial charge on any atom is 0.282 e. The molecule has 156 valence electrons. The molecule has 2 aromatic carbocycles. The van der Waals surface area contributed by atoms with Crippen LogP contribution in [0.2, 0.25) is 10.0 Å². The van der Waals surface area contributed by atoms with Gasteiger partial charge < -0.3 is 4.74 Å². The van der Waals surface area contributed by atoms with Crippen molar-refractivity contribution in [3.63, 3.8) is 0 Å². The van der Waals surface area contributed by atoms with Crippen LogP contribution in [0.4, 0.5) is 0 Å².